The maximum Gasteiger partial charge on any atom is 0.242 e. The highest BCUT2D eigenvalue weighted by Gasteiger charge is 2.14. The van der Waals surface area contributed by atoms with Crippen molar-refractivity contribution in [1.29, 1.82) is 0 Å². The normalized spacial score (nSPS) is 12.4. The third-order valence-corrected chi connectivity index (χ3v) is 3.08. The van der Waals surface area contributed by atoms with Gasteiger partial charge in [-0.05, 0) is 26.7 Å². The Labute approximate surface area is 122 Å². The Hall–Kier alpha value is -1.52. The summed E-state index contributed by atoms with van der Waals surface area (Å²) in [6.45, 7) is 8.31. The number of unbranched alkanes of at least 4 members (excludes halogenated alkanes) is 1. The van der Waals surface area contributed by atoms with E-state index in [4.69, 9.17) is 10.5 Å². The predicted molar refractivity (Wildman–Crippen MR) is 84.1 cm³/mol. The van der Waals surface area contributed by atoms with Crippen LogP contribution in [-0.2, 0) is 0 Å². The Balaban J connectivity index is 2.78. The molecule has 0 saturated heterocycles. The maximum atomic E-state index is 6.09. The topological polar surface area (TPSA) is 73.1 Å². The molecule has 0 aliphatic heterocycles. The van der Waals surface area contributed by atoms with Gasteiger partial charge in [0, 0.05) is 6.04 Å². The lowest BCUT2D eigenvalue weighted by molar-refractivity contribution is 0.234. The highest BCUT2D eigenvalue weighted by molar-refractivity contribution is 5.66. The highest BCUT2D eigenvalue weighted by Crippen LogP contribution is 2.27. The first-order valence-electron chi connectivity index (χ1n) is 7.62. The van der Waals surface area contributed by atoms with Crippen LogP contribution in [0.2, 0.25) is 0 Å². The second-order valence-corrected chi connectivity index (χ2v) is 5.38. The maximum absolute atomic E-state index is 6.09. The molecule has 0 radical (unpaired) electrons. The summed E-state index contributed by atoms with van der Waals surface area (Å²) in [5.74, 6) is 1.15. The molecule has 0 spiro atoms. The molecule has 1 atom stereocenters. The van der Waals surface area contributed by atoms with Crippen LogP contribution in [0.4, 0.5) is 11.5 Å². The molecular weight excluding hydrogens is 252 g/mol. The second kappa shape index (κ2) is 8.61. The lowest BCUT2D eigenvalue weighted by Crippen LogP contribution is -2.21. The number of anilines is 2. The van der Waals surface area contributed by atoms with Crippen LogP contribution >= 0.6 is 0 Å². The van der Waals surface area contributed by atoms with E-state index in [1.807, 2.05) is 13.8 Å². The van der Waals surface area contributed by atoms with Gasteiger partial charge < -0.3 is 15.8 Å². The standard InChI is InChI=1S/C15H28N4O/c1-5-7-9-12(8-6-2)19-14-13(16)15(18-10-17-14)20-11(3)4/h10-12H,5-9,16H2,1-4H3,(H,17,18,19). The number of hydrogen-bond acceptors (Lipinski definition) is 5. The van der Waals surface area contributed by atoms with Crippen LogP contribution in [0.15, 0.2) is 6.33 Å². The number of nitrogen functional groups attached to an aromatic ring is 1. The predicted octanol–water partition coefficient (Wildman–Crippen LogP) is 3.62. The summed E-state index contributed by atoms with van der Waals surface area (Å²) in [6, 6.07) is 0.407. The Morgan fingerprint density at radius 2 is 1.95 bits per heavy atom. The number of ether oxygens (including phenoxy) is 1. The summed E-state index contributed by atoms with van der Waals surface area (Å²) < 4.78 is 5.59. The molecule has 0 fully saturated rings. The minimum atomic E-state index is 0.0478. The van der Waals surface area contributed by atoms with E-state index in [0.717, 1.165) is 19.3 Å². The first-order valence-corrected chi connectivity index (χ1v) is 7.62. The van der Waals surface area contributed by atoms with E-state index >= 15 is 0 Å². The number of nitrogens with zero attached hydrogens (tertiary/aromatic N) is 2. The Kier molecular flexibility index (Phi) is 7.12. The molecule has 0 bridgehead atoms. The van der Waals surface area contributed by atoms with Gasteiger partial charge in [0.25, 0.3) is 0 Å². The molecule has 1 rings (SSSR count). The first-order chi connectivity index (χ1) is 9.58. The van der Waals surface area contributed by atoms with Crippen LogP contribution in [0, 0.1) is 0 Å². The Morgan fingerprint density at radius 3 is 2.55 bits per heavy atom. The molecule has 0 amide bonds. The van der Waals surface area contributed by atoms with Gasteiger partial charge in [-0.15, -0.1) is 0 Å². The van der Waals surface area contributed by atoms with Crippen LogP contribution in [0.1, 0.15) is 59.8 Å². The van der Waals surface area contributed by atoms with E-state index in [0.29, 0.717) is 23.4 Å². The molecule has 5 heteroatoms. The van der Waals surface area contributed by atoms with Crippen molar-refractivity contribution in [2.24, 2.45) is 0 Å². The highest BCUT2D eigenvalue weighted by atomic mass is 16.5. The third kappa shape index (κ3) is 5.23. The quantitative estimate of drug-likeness (QED) is 0.722. The summed E-state index contributed by atoms with van der Waals surface area (Å²) in [6.07, 6.45) is 7.34. The molecule has 0 aliphatic rings. The van der Waals surface area contributed by atoms with E-state index < -0.39 is 0 Å². The minimum absolute atomic E-state index is 0.0478. The number of nitrogens with one attached hydrogen (secondary N) is 1. The average molecular weight is 280 g/mol. The molecule has 0 aliphatic carbocycles. The Bertz CT molecular complexity index is 395. The van der Waals surface area contributed by atoms with E-state index in [2.05, 4.69) is 29.1 Å². The van der Waals surface area contributed by atoms with Crippen molar-refractivity contribution in [1.82, 2.24) is 9.97 Å². The lowest BCUT2D eigenvalue weighted by atomic mass is 10.1. The number of aromatic nitrogens is 2. The van der Waals surface area contributed by atoms with Crippen molar-refractivity contribution >= 4 is 11.5 Å². The summed E-state index contributed by atoms with van der Waals surface area (Å²) in [5, 5.41) is 3.44. The van der Waals surface area contributed by atoms with Crippen molar-refractivity contribution < 1.29 is 4.74 Å². The first kappa shape index (κ1) is 16.5. The lowest BCUT2D eigenvalue weighted by Gasteiger charge is -2.20. The summed E-state index contributed by atoms with van der Waals surface area (Å²) in [5.41, 5.74) is 6.59. The van der Waals surface area contributed by atoms with Crippen LogP contribution in [0.5, 0.6) is 5.88 Å². The molecule has 5 nitrogen and oxygen atoms in total. The van der Waals surface area contributed by atoms with Crippen molar-refractivity contribution in [3.05, 3.63) is 6.33 Å². The zero-order valence-electron chi connectivity index (χ0n) is 13.1. The summed E-state index contributed by atoms with van der Waals surface area (Å²) in [7, 11) is 0. The van der Waals surface area contributed by atoms with E-state index in [1.54, 1.807) is 0 Å². The van der Waals surface area contributed by atoms with Gasteiger partial charge in [0.1, 0.15) is 12.0 Å². The second-order valence-electron chi connectivity index (χ2n) is 5.38. The zero-order valence-corrected chi connectivity index (χ0v) is 13.1. The van der Waals surface area contributed by atoms with Crippen LogP contribution in [-0.4, -0.2) is 22.1 Å². The summed E-state index contributed by atoms with van der Waals surface area (Å²) >= 11 is 0. The molecule has 1 aromatic heterocycles. The van der Waals surface area contributed by atoms with E-state index in [-0.39, 0.29) is 6.10 Å². The monoisotopic (exact) mass is 280 g/mol. The van der Waals surface area contributed by atoms with Gasteiger partial charge in [0.15, 0.2) is 5.82 Å². The molecule has 0 aromatic carbocycles. The van der Waals surface area contributed by atoms with Gasteiger partial charge in [0.05, 0.1) is 6.10 Å². The molecule has 1 unspecified atom stereocenters. The van der Waals surface area contributed by atoms with Crippen LogP contribution < -0.4 is 15.8 Å². The molecule has 0 saturated carbocycles. The molecule has 3 N–H and O–H groups in total. The fourth-order valence-corrected chi connectivity index (χ4v) is 2.09. The van der Waals surface area contributed by atoms with E-state index in [1.165, 1.54) is 19.2 Å². The van der Waals surface area contributed by atoms with Crippen molar-refractivity contribution in [2.75, 3.05) is 11.1 Å². The van der Waals surface area contributed by atoms with E-state index in [9.17, 15) is 0 Å². The molecular formula is C15H28N4O. The largest absolute Gasteiger partial charge is 0.473 e. The fourth-order valence-electron chi connectivity index (χ4n) is 2.09. The minimum Gasteiger partial charge on any atom is -0.473 e. The van der Waals surface area contributed by atoms with Crippen molar-refractivity contribution in [2.45, 2.75) is 71.9 Å². The van der Waals surface area contributed by atoms with Crippen molar-refractivity contribution in [3.8, 4) is 5.88 Å². The van der Waals surface area contributed by atoms with Gasteiger partial charge >= 0.3 is 0 Å². The zero-order chi connectivity index (χ0) is 15.0. The van der Waals surface area contributed by atoms with Crippen molar-refractivity contribution in [3.63, 3.8) is 0 Å². The van der Waals surface area contributed by atoms with Gasteiger partial charge in [-0.3, -0.25) is 0 Å². The van der Waals surface area contributed by atoms with Gasteiger partial charge in [0.2, 0.25) is 5.88 Å². The molecule has 114 valence electrons. The summed E-state index contributed by atoms with van der Waals surface area (Å²) in [4.78, 5) is 8.35. The fraction of sp³-hybridized carbons (Fsp3) is 0.733. The number of nitrogens with two attached hydrogens (primary N) is 1. The smallest absolute Gasteiger partial charge is 0.242 e. The van der Waals surface area contributed by atoms with Gasteiger partial charge in [-0.1, -0.05) is 33.1 Å². The molecule has 1 heterocycles. The Morgan fingerprint density at radius 1 is 1.20 bits per heavy atom. The average Bonchev–Trinajstić information content (AvgIpc) is 2.40. The van der Waals surface area contributed by atoms with Crippen LogP contribution in [0.3, 0.4) is 0 Å². The number of hydrogen-bond donors (Lipinski definition) is 2. The SMILES string of the molecule is CCCCC(CCC)Nc1ncnc(OC(C)C)c1N. The van der Waals surface area contributed by atoms with Gasteiger partial charge in [-0.25, -0.2) is 4.98 Å². The molecule has 20 heavy (non-hydrogen) atoms. The number of rotatable bonds is 9. The third-order valence-electron chi connectivity index (χ3n) is 3.08. The van der Waals surface area contributed by atoms with Gasteiger partial charge in [-0.2, -0.15) is 4.98 Å². The molecule has 1 aromatic rings. The van der Waals surface area contributed by atoms with Crippen LogP contribution in [0.25, 0.3) is 0 Å².